The number of hydrogen-bond acceptors (Lipinski definition) is 3. The van der Waals surface area contributed by atoms with Crippen molar-refractivity contribution in [2.75, 3.05) is 13.2 Å². The van der Waals surface area contributed by atoms with Crippen molar-refractivity contribution in [2.24, 2.45) is 47.3 Å². The fraction of sp³-hybridized carbons (Fsp3) is 0.667. The number of unbranched alkanes of at least 4 members (excludes halogenated alkanes) is 4. The second kappa shape index (κ2) is 23.6. The van der Waals surface area contributed by atoms with Gasteiger partial charge in [-0.05, 0) is 158 Å². The van der Waals surface area contributed by atoms with Crippen LogP contribution in [0.1, 0.15) is 190 Å². The van der Waals surface area contributed by atoms with Crippen LogP contribution in [0.2, 0.25) is 0 Å². The van der Waals surface area contributed by atoms with Gasteiger partial charge < -0.3 is 4.74 Å². The van der Waals surface area contributed by atoms with Gasteiger partial charge in [-0.3, -0.25) is 0 Å². The molecule has 0 N–H and O–H groups in total. The fourth-order valence-electron chi connectivity index (χ4n) is 12.2. The molecule has 0 amide bonds. The summed E-state index contributed by atoms with van der Waals surface area (Å²) in [6.45, 7) is 5.40. The smallest absolute Gasteiger partial charge is 0.141 e. The molecule has 4 aliphatic rings. The molecule has 0 radical (unpaired) electrons. The van der Waals surface area contributed by atoms with E-state index in [1.54, 1.807) is 24.3 Å². The Balaban J connectivity index is 1.11. The van der Waals surface area contributed by atoms with Gasteiger partial charge >= 0.3 is 0 Å². The van der Waals surface area contributed by atoms with E-state index in [1.165, 1.54) is 128 Å². The Morgan fingerprint density at radius 3 is 1.37 bits per heavy atom. The molecule has 6 rings (SSSR count). The molecule has 0 unspecified atom stereocenters. The summed E-state index contributed by atoms with van der Waals surface area (Å²) in [6, 6.07) is 14.1. The van der Waals surface area contributed by atoms with Crippen LogP contribution in [0.3, 0.4) is 0 Å². The molecule has 0 spiro atoms. The van der Waals surface area contributed by atoms with Crippen molar-refractivity contribution in [2.45, 2.75) is 168 Å². The number of hydrogen-bond donors (Lipinski definition) is 0. The number of allylic oxidation sites excluding steroid dienone is 2. The minimum Gasteiger partial charge on any atom is -0.373 e. The normalized spacial score (nSPS) is 28.2. The van der Waals surface area contributed by atoms with E-state index >= 15 is 8.78 Å². The van der Waals surface area contributed by atoms with Crippen molar-refractivity contribution in [3.8, 4) is 12.1 Å². The van der Waals surface area contributed by atoms with Gasteiger partial charge in [-0.1, -0.05) is 128 Å². The van der Waals surface area contributed by atoms with Crippen LogP contribution in [0.4, 0.5) is 8.78 Å². The zero-order valence-corrected chi connectivity index (χ0v) is 36.7. The molecule has 320 valence electrons. The number of ether oxygens (including phenoxy) is 1. The molecule has 2 aromatic rings. The fourth-order valence-corrected chi connectivity index (χ4v) is 12.2. The Bertz CT molecular complexity index is 1620. The molecule has 59 heavy (non-hydrogen) atoms. The molecule has 0 heterocycles. The van der Waals surface area contributed by atoms with Crippen LogP contribution in [-0.2, 0) is 4.74 Å². The maximum Gasteiger partial charge on any atom is 0.141 e. The minimum atomic E-state index is -0.464. The average molecular weight is 805 g/mol. The van der Waals surface area contributed by atoms with Crippen LogP contribution >= 0.6 is 0 Å². The highest BCUT2D eigenvalue weighted by Gasteiger charge is 2.34. The minimum absolute atomic E-state index is 0.0788. The van der Waals surface area contributed by atoms with Gasteiger partial charge in [0.15, 0.2) is 0 Å². The molecule has 4 aliphatic carbocycles. The lowest BCUT2D eigenvalue weighted by Gasteiger charge is -2.39. The molecule has 2 aromatic carbocycles. The Morgan fingerprint density at radius 2 is 1.00 bits per heavy atom. The zero-order chi connectivity index (χ0) is 41.4. The first-order valence-electron chi connectivity index (χ1n) is 24.3. The molecule has 4 saturated carbocycles. The van der Waals surface area contributed by atoms with E-state index in [-0.39, 0.29) is 11.1 Å². The third kappa shape index (κ3) is 12.9. The standard InChI is InChI=1S/C54H74F2N2O/c1-3-5-7-11-39-13-9-15-45(33-39)41-17-21-43(22-18-41)51(47-25-27-49(37-57)53(55)35-47)29-31-59-32-30-52(48-26-28-50(38-58)54(56)36-48)44-23-19-42(20-24-44)46-16-10-14-40(34-46)12-8-6-4-2/h25-30,35-36,39-46H,3-24,31-34H2,1-2H3/t39-,40-,41-,42-,43-,44-,45-,46-/m0/s1. The Morgan fingerprint density at radius 1 is 0.576 bits per heavy atom. The molecule has 0 bridgehead atoms. The number of halogens is 2. The van der Waals surface area contributed by atoms with E-state index in [1.807, 2.05) is 24.3 Å². The summed E-state index contributed by atoms with van der Waals surface area (Å²) in [5.74, 6) is 4.83. The quantitative estimate of drug-likeness (QED) is 0.141. The summed E-state index contributed by atoms with van der Waals surface area (Å²) in [6.07, 6.45) is 35.7. The van der Waals surface area contributed by atoms with Crippen LogP contribution in [0.5, 0.6) is 0 Å². The number of benzene rings is 2. The van der Waals surface area contributed by atoms with E-state index in [0.29, 0.717) is 25.0 Å². The Labute approximate surface area is 357 Å². The summed E-state index contributed by atoms with van der Waals surface area (Å²) in [4.78, 5) is 0. The molecule has 0 saturated heterocycles. The third-order valence-electron chi connectivity index (χ3n) is 15.5. The maximum atomic E-state index is 15.0. The lowest BCUT2D eigenvalue weighted by atomic mass is 9.67. The van der Waals surface area contributed by atoms with Gasteiger partial charge in [-0.2, -0.15) is 10.5 Å². The second-order valence-electron chi connectivity index (χ2n) is 19.3. The van der Waals surface area contributed by atoms with Gasteiger partial charge in [0.25, 0.3) is 0 Å². The first-order valence-corrected chi connectivity index (χ1v) is 24.3. The van der Waals surface area contributed by atoms with Gasteiger partial charge in [0.2, 0.25) is 0 Å². The molecule has 0 aromatic heterocycles. The Kier molecular flexibility index (Phi) is 18.1. The molecule has 5 heteroatoms. The Hall–Kier alpha value is -3.28. The van der Waals surface area contributed by atoms with Gasteiger partial charge in [0.1, 0.15) is 23.8 Å². The van der Waals surface area contributed by atoms with Gasteiger partial charge in [-0.25, -0.2) is 8.78 Å². The van der Waals surface area contributed by atoms with E-state index in [2.05, 4.69) is 26.0 Å². The van der Waals surface area contributed by atoms with E-state index in [9.17, 15) is 10.5 Å². The highest BCUT2D eigenvalue weighted by molar-refractivity contribution is 5.69. The van der Waals surface area contributed by atoms with Crippen molar-refractivity contribution in [1.29, 1.82) is 10.5 Å². The van der Waals surface area contributed by atoms with E-state index in [0.717, 1.165) is 83.5 Å². The van der Waals surface area contributed by atoms with Crippen LogP contribution in [0, 0.1) is 81.6 Å². The molecule has 0 aliphatic heterocycles. The molecular formula is C54H74F2N2O. The maximum absolute atomic E-state index is 15.0. The van der Waals surface area contributed by atoms with Crippen LogP contribution in [-0.4, -0.2) is 13.2 Å². The van der Waals surface area contributed by atoms with Gasteiger partial charge in [-0.15, -0.1) is 0 Å². The topological polar surface area (TPSA) is 56.8 Å². The largest absolute Gasteiger partial charge is 0.373 e. The number of rotatable bonds is 18. The number of nitrogens with zero attached hydrogens (tertiary/aromatic N) is 2. The second-order valence-corrected chi connectivity index (χ2v) is 19.3. The summed E-state index contributed by atoms with van der Waals surface area (Å²) >= 11 is 0. The lowest BCUT2D eigenvalue weighted by molar-refractivity contribution is 0.144. The summed E-state index contributed by atoms with van der Waals surface area (Å²) < 4.78 is 36.5. The van der Waals surface area contributed by atoms with Crippen molar-refractivity contribution in [3.63, 3.8) is 0 Å². The predicted octanol–water partition coefficient (Wildman–Crippen LogP) is 15.6. The summed E-state index contributed by atoms with van der Waals surface area (Å²) in [7, 11) is 0. The van der Waals surface area contributed by atoms with Crippen LogP contribution < -0.4 is 0 Å². The lowest BCUT2D eigenvalue weighted by Crippen LogP contribution is -2.27. The first kappa shape index (κ1) is 45.3. The predicted molar refractivity (Wildman–Crippen MR) is 239 cm³/mol. The molecule has 4 atom stereocenters. The molecule has 4 fully saturated rings. The third-order valence-corrected chi connectivity index (χ3v) is 15.5. The summed E-state index contributed by atoms with van der Waals surface area (Å²) in [5, 5.41) is 18.9. The average Bonchev–Trinajstić information content (AvgIpc) is 3.27. The van der Waals surface area contributed by atoms with Crippen molar-refractivity contribution in [3.05, 3.63) is 82.4 Å². The van der Waals surface area contributed by atoms with Gasteiger partial charge in [0, 0.05) is 0 Å². The highest BCUT2D eigenvalue weighted by Crippen LogP contribution is 2.47. The monoisotopic (exact) mass is 805 g/mol. The molecule has 3 nitrogen and oxygen atoms in total. The summed E-state index contributed by atoms with van der Waals surface area (Å²) in [5.41, 5.74) is 4.15. The number of nitriles is 2. The van der Waals surface area contributed by atoms with Crippen molar-refractivity contribution in [1.82, 2.24) is 0 Å². The van der Waals surface area contributed by atoms with Crippen LogP contribution in [0.25, 0.3) is 11.1 Å². The van der Waals surface area contributed by atoms with Crippen molar-refractivity contribution >= 4 is 11.1 Å². The highest BCUT2D eigenvalue weighted by atomic mass is 19.1. The van der Waals surface area contributed by atoms with Gasteiger partial charge in [0.05, 0.1) is 24.3 Å². The molecular weight excluding hydrogens is 731 g/mol. The van der Waals surface area contributed by atoms with Crippen LogP contribution in [0.15, 0.2) is 48.6 Å². The SMILES string of the molecule is CCCCC[C@H]1CCC[C@H]([C@H]2CC[C@H](C(=CCOCC=C(c3ccc(C#N)c(F)c3)[C@H]3CC[C@H]([C@H]4CCC[C@H](CCCCC)C4)CC3)c3ccc(C#N)c(F)c3)CC2)C1. The van der Waals surface area contributed by atoms with E-state index in [4.69, 9.17) is 4.74 Å². The van der Waals surface area contributed by atoms with E-state index < -0.39 is 11.6 Å². The zero-order valence-electron chi connectivity index (χ0n) is 36.7. The first-order chi connectivity index (χ1) is 28.9. The van der Waals surface area contributed by atoms with Crippen molar-refractivity contribution < 1.29 is 13.5 Å².